The summed E-state index contributed by atoms with van der Waals surface area (Å²) in [6.45, 7) is 9.66. The Hall–Kier alpha value is -5.40. The lowest BCUT2D eigenvalue weighted by Crippen LogP contribution is -2.33. The third kappa shape index (κ3) is 5.74. The number of hydrogen-bond acceptors (Lipinski definition) is 1. The topological polar surface area (TPSA) is 3.24 Å². The van der Waals surface area contributed by atoms with Gasteiger partial charge in [0.05, 0.1) is 5.69 Å². The number of fused-ring (bicyclic) bond motifs is 2. The second-order valence-corrected chi connectivity index (χ2v) is 14.9. The molecule has 49 heavy (non-hydrogen) atoms. The summed E-state index contributed by atoms with van der Waals surface area (Å²) in [6, 6.07) is 60.0. The van der Waals surface area contributed by atoms with E-state index in [9.17, 15) is 0 Å². The molecule has 0 saturated carbocycles. The van der Waals surface area contributed by atoms with Gasteiger partial charge in [0, 0.05) is 16.9 Å². The van der Waals surface area contributed by atoms with Crippen molar-refractivity contribution in [1.29, 1.82) is 0 Å². The van der Waals surface area contributed by atoms with Gasteiger partial charge in [0.2, 0.25) is 0 Å². The third-order valence-corrected chi connectivity index (χ3v) is 10.7. The highest BCUT2D eigenvalue weighted by Gasteiger charge is 2.37. The molecule has 0 fully saturated rings. The Morgan fingerprint density at radius 1 is 0.408 bits per heavy atom. The van der Waals surface area contributed by atoms with Crippen LogP contribution in [-0.2, 0) is 10.8 Å². The molecule has 0 saturated heterocycles. The highest BCUT2D eigenvalue weighted by Crippen LogP contribution is 2.49. The molecule has 7 aromatic rings. The SMILES string of the molecule is CC1(C)CCC(C)(C)c2cc3c(-c4ccccc4N(c4ccccc4)c4ccc(-c5cccc(-c6ccccc6)c5)cc4)cccc3cc21. The summed E-state index contributed by atoms with van der Waals surface area (Å²) in [4.78, 5) is 2.41. The van der Waals surface area contributed by atoms with Crippen LogP contribution in [0.4, 0.5) is 17.1 Å². The van der Waals surface area contributed by atoms with Crippen molar-refractivity contribution in [3.8, 4) is 33.4 Å². The zero-order valence-electron chi connectivity index (χ0n) is 28.9. The number of nitrogens with zero attached hydrogens (tertiary/aromatic N) is 1. The van der Waals surface area contributed by atoms with Gasteiger partial charge < -0.3 is 4.90 Å². The average Bonchev–Trinajstić information content (AvgIpc) is 3.14. The van der Waals surface area contributed by atoms with E-state index in [0.717, 1.165) is 17.1 Å². The maximum absolute atomic E-state index is 2.52. The number of para-hydroxylation sites is 2. The predicted molar refractivity (Wildman–Crippen MR) is 210 cm³/mol. The highest BCUT2D eigenvalue weighted by molar-refractivity contribution is 6.02. The standard InChI is InChI=1S/C48H43N/c1-47(2)29-30-48(3,4)45-33-43-38(32-44(45)47)19-14-23-41(43)42-22-11-12-24-46(42)49(39-20-9-6-10-21-39)40-27-25-35(26-28-40)37-18-13-17-36(31-37)34-15-7-5-8-16-34/h5-28,31-33H,29-30H2,1-4H3. The minimum atomic E-state index is 0.143. The Labute approximate surface area is 291 Å². The molecule has 0 aromatic heterocycles. The van der Waals surface area contributed by atoms with Crippen LogP contribution in [-0.4, -0.2) is 0 Å². The minimum Gasteiger partial charge on any atom is -0.310 e. The molecule has 1 heteroatoms. The van der Waals surface area contributed by atoms with Crippen LogP contribution in [0.3, 0.4) is 0 Å². The normalized spacial score (nSPS) is 14.7. The quantitative estimate of drug-likeness (QED) is 0.176. The fourth-order valence-corrected chi connectivity index (χ4v) is 7.79. The van der Waals surface area contributed by atoms with E-state index in [0.29, 0.717) is 0 Å². The second kappa shape index (κ2) is 12.2. The van der Waals surface area contributed by atoms with Gasteiger partial charge in [-0.15, -0.1) is 0 Å². The first-order valence-corrected chi connectivity index (χ1v) is 17.6. The predicted octanol–water partition coefficient (Wildman–Crippen LogP) is 13.7. The largest absolute Gasteiger partial charge is 0.310 e. The van der Waals surface area contributed by atoms with Crippen LogP contribution >= 0.6 is 0 Å². The Kier molecular flexibility index (Phi) is 7.72. The molecule has 0 amide bonds. The smallest absolute Gasteiger partial charge is 0.0540 e. The first-order chi connectivity index (χ1) is 23.8. The van der Waals surface area contributed by atoms with Crippen molar-refractivity contribution in [2.75, 3.05) is 4.90 Å². The molecule has 240 valence electrons. The Morgan fingerprint density at radius 2 is 0.918 bits per heavy atom. The number of rotatable bonds is 6. The van der Waals surface area contributed by atoms with Gasteiger partial charge in [-0.1, -0.05) is 149 Å². The average molecular weight is 634 g/mol. The van der Waals surface area contributed by atoms with E-state index < -0.39 is 0 Å². The van der Waals surface area contributed by atoms with Crippen molar-refractivity contribution >= 4 is 27.8 Å². The van der Waals surface area contributed by atoms with Gasteiger partial charge in [-0.2, -0.15) is 0 Å². The molecule has 0 unspecified atom stereocenters. The van der Waals surface area contributed by atoms with Crippen molar-refractivity contribution < 1.29 is 0 Å². The van der Waals surface area contributed by atoms with Gasteiger partial charge in [0.15, 0.2) is 0 Å². The van der Waals surface area contributed by atoms with Crippen molar-refractivity contribution in [3.63, 3.8) is 0 Å². The Morgan fingerprint density at radius 3 is 1.61 bits per heavy atom. The second-order valence-electron chi connectivity index (χ2n) is 14.9. The molecule has 1 aliphatic rings. The summed E-state index contributed by atoms with van der Waals surface area (Å²) in [5.41, 5.74) is 14.1. The van der Waals surface area contributed by atoms with E-state index in [1.54, 1.807) is 0 Å². The van der Waals surface area contributed by atoms with E-state index >= 15 is 0 Å². The number of hydrogen-bond donors (Lipinski definition) is 0. The Balaban J connectivity index is 1.25. The van der Waals surface area contributed by atoms with E-state index in [1.165, 1.54) is 68.1 Å². The molecule has 0 atom stereocenters. The fraction of sp³-hybridized carbons (Fsp3) is 0.167. The van der Waals surface area contributed by atoms with E-state index in [2.05, 4.69) is 196 Å². The maximum atomic E-state index is 2.52. The molecule has 7 aromatic carbocycles. The van der Waals surface area contributed by atoms with Crippen LogP contribution in [0, 0.1) is 0 Å². The molecule has 0 heterocycles. The molecular weight excluding hydrogens is 591 g/mol. The maximum Gasteiger partial charge on any atom is 0.0540 e. The molecule has 0 aliphatic heterocycles. The van der Waals surface area contributed by atoms with Crippen molar-refractivity contribution in [3.05, 3.63) is 175 Å². The fourth-order valence-electron chi connectivity index (χ4n) is 7.79. The summed E-state index contributed by atoms with van der Waals surface area (Å²) in [5.74, 6) is 0. The monoisotopic (exact) mass is 633 g/mol. The van der Waals surface area contributed by atoms with E-state index in [1.807, 2.05) is 0 Å². The van der Waals surface area contributed by atoms with Crippen LogP contribution in [0.15, 0.2) is 164 Å². The van der Waals surface area contributed by atoms with Crippen LogP contribution < -0.4 is 4.90 Å². The van der Waals surface area contributed by atoms with Crippen LogP contribution in [0.5, 0.6) is 0 Å². The highest BCUT2D eigenvalue weighted by atomic mass is 15.1. The molecule has 1 nitrogen and oxygen atoms in total. The first kappa shape index (κ1) is 30.9. The zero-order chi connectivity index (χ0) is 33.6. The molecule has 0 N–H and O–H groups in total. The molecular formula is C48H43N. The molecule has 0 spiro atoms. The lowest BCUT2D eigenvalue weighted by atomic mass is 9.62. The summed E-state index contributed by atoms with van der Waals surface area (Å²) in [5, 5.41) is 2.63. The summed E-state index contributed by atoms with van der Waals surface area (Å²) in [7, 11) is 0. The number of benzene rings is 7. The van der Waals surface area contributed by atoms with Gasteiger partial charge in [0.1, 0.15) is 0 Å². The molecule has 1 aliphatic carbocycles. The van der Waals surface area contributed by atoms with Gasteiger partial charge in [-0.05, 0) is 116 Å². The summed E-state index contributed by atoms with van der Waals surface area (Å²) in [6.07, 6.45) is 2.41. The van der Waals surface area contributed by atoms with Crippen molar-refractivity contribution in [2.24, 2.45) is 0 Å². The molecule has 0 bridgehead atoms. The minimum absolute atomic E-state index is 0.143. The number of anilines is 3. The summed E-state index contributed by atoms with van der Waals surface area (Å²) < 4.78 is 0. The zero-order valence-corrected chi connectivity index (χ0v) is 28.9. The molecule has 8 rings (SSSR count). The third-order valence-electron chi connectivity index (χ3n) is 10.7. The lowest BCUT2D eigenvalue weighted by molar-refractivity contribution is 0.332. The van der Waals surface area contributed by atoms with Crippen molar-refractivity contribution in [1.82, 2.24) is 0 Å². The lowest BCUT2D eigenvalue weighted by Gasteiger charge is -2.42. The van der Waals surface area contributed by atoms with Crippen LogP contribution in [0.25, 0.3) is 44.2 Å². The Bertz CT molecular complexity index is 2260. The van der Waals surface area contributed by atoms with Crippen molar-refractivity contribution in [2.45, 2.75) is 51.4 Å². The first-order valence-electron chi connectivity index (χ1n) is 17.6. The van der Waals surface area contributed by atoms with E-state index in [4.69, 9.17) is 0 Å². The van der Waals surface area contributed by atoms with Gasteiger partial charge in [-0.25, -0.2) is 0 Å². The summed E-state index contributed by atoms with van der Waals surface area (Å²) >= 11 is 0. The van der Waals surface area contributed by atoms with Gasteiger partial charge in [-0.3, -0.25) is 0 Å². The van der Waals surface area contributed by atoms with Gasteiger partial charge >= 0.3 is 0 Å². The van der Waals surface area contributed by atoms with Gasteiger partial charge in [0.25, 0.3) is 0 Å². The van der Waals surface area contributed by atoms with E-state index in [-0.39, 0.29) is 10.8 Å². The molecule has 0 radical (unpaired) electrons. The van der Waals surface area contributed by atoms with Crippen LogP contribution in [0.2, 0.25) is 0 Å². The van der Waals surface area contributed by atoms with Crippen LogP contribution in [0.1, 0.15) is 51.7 Å².